The van der Waals surface area contributed by atoms with Crippen LogP contribution in [0.2, 0.25) is 0 Å². The van der Waals surface area contributed by atoms with Gasteiger partial charge in [-0.05, 0) is 28.7 Å². The molecule has 0 aliphatic heterocycles. The van der Waals surface area contributed by atoms with Crippen molar-refractivity contribution in [2.24, 2.45) is 0 Å². The third-order valence-electron chi connectivity index (χ3n) is 3.80. The van der Waals surface area contributed by atoms with E-state index in [0.29, 0.717) is 5.56 Å². The summed E-state index contributed by atoms with van der Waals surface area (Å²) < 4.78 is 0. The maximum atomic E-state index is 12.3. The Balaban J connectivity index is 2.26. The van der Waals surface area contributed by atoms with Gasteiger partial charge in [-0.15, -0.1) is 0 Å². The second kappa shape index (κ2) is 7.62. The average Bonchev–Trinajstić information content (AvgIpc) is 2.59. The standard InChI is InChI=1S/C20H19N3O3/c1-20(2,3)16-10-8-14(9-11-16)12-15(13-21)19(24)22-17-6-4-5-7-18(17)23(25)26/h4-12H,1-3H3,(H,22,24). The predicted molar refractivity (Wildman–Crippen MR) is 100 cm³/mol. The van der Waals surface area contributed by atoms with Crippen LogP contribution in [0.3, 0.4) is 0 Å². The normalized spacial score (nSPS) is 11.5. The number of benzene rings is 2. The molecule has 2 aromatic carbocycles. The molecule has 0 unspecified atom stereocenters. The fourth-order valence-electron chi connectivity index (χ4n) is 2.32. The lowest BCUT2D eigenvalue weighted by Crippen LogP contribution is -2.14. The summed E-state index contributed by atoms with van der Waals surface area (Å²) in [5.74, 6) is -0.693. The maximum absolute atomic E-state index is 12.3. The van der Waals surface area contributed by atoms with Crippen LogP contribution in [-0.2, 0) is 10.2 Å². The van der Waals surface area contributed by atoms with E-state index in [1.54, 1.807) is 6.07 Å². The molecule has 0 heterocycles. The zero-order valence-electron chi connectivity index (χ0n) is 14.8. The first kappa shape index (κ1) is 18.9. The molecule has 0 aliphatic carbocycles. The van der Waals surface area contributed by atoms with Gasteiger partial charge in [0.2, 0.25) is 0 Å². The number of para-hydroxylation sites is 2. The number of carbonyl (C=O) groups excluding carboxylic acids is 1. The van der Waals surface area contributed by atoms with E-state index in [1.807, 2.05) is 30.3 Å². The molecule has 0 aromatic heterocycles. The number of nitro groups is 1. The number of rotatable bonds is 4. The number of hydrogen-bond donors (Lipinski definition) is 1. The first-order chi connectivity index (χ1) is 12.2. The zero-order chi connectivity index (χ0) is 19.3. The van der Waals surface area contributed by atoms with Crippen molar-refractivity contribution in [1.82, 2.24) is 0 Å². The Bertz CT molecular complexity index is 901. The lowest BCUT2D eigenvalue weighted by Gasteiger charge is -2.18. The Hall–Kier alpha value is -3.46. The molecule has 0 saturated heterocycles. The Labute approximate surface area is 151 Å². The second-order valence-corrected chi connectivity index (χ2v) is 6.77. The second-order valence-electron chi connectivity index (χ2n) is 6.77. The molecule has 2 aromatic rings. The lowest BCUT2D eigenvalue weighted by atomic mass is 9.86. The molecule has 1 amide bonds. The third-order valence-corrected chi connectivity index (χ3v) is 3.80. The molecule has 6 heteroatoms. The van der Waals surface area contributed by atoms with Gasteiger partial charge in [-0.3, -0.25) is 14.9 Å². The molecule has 26 heavy (non-hydrogen) atoms. The van der Waals surface area contributed by atoms with Crippen molar-refractivity contribution in [2.75, 3.05) is 5.32 Å². The Morgan fingerprint density at radius 1 is 1.15 bits per heavy atom. The fourth-order valence-corrected chi connectivity index (χ4v) is 2.32. The third kappa shape index (κ3) is 4.54. The van der Waals surface area contributed by atoms with E-state index in [1.165, 1.54) is 24.3 Å². The van der Waals surface area contributed by atoms with Crippen LogP contribution >= 0.6 is 0 Å². The Morgan fingerprint density at radius 2 is 1.77 bits per heavy atom. The van der Waals surface area contributed by atoms with Crippen molar-refractivity contribution in [3.63, 3.8) is 0 Å². The highest BCUT2D eigenvalue weighted by molar-refractivity contribution is 6.10. The molecule has 0 bridgehead atoms. The van der Waals surface area contributed by atoms with Crippen molar-refractivity contribution in [3.05, 3.63) is 75.3 Å². The van der Waals surface area contributed by atoms with Crippen molar-refractivity contribution in [3.8, 4) is 6.07 Å². The minimum atomic E-state index is -0.693. The van der Waals surface area contributed by atoms with Gasteiger partial charge in [0.15, 0.2) is 0 Å². The number of nitriles is 1. The van der Waals surface area contributed by atoms with Crippen LogP contribution in [-0.4, -0.2) is 10.8 Å². The van der Waals surface area contributed by atoms with E-state index < -0.39 is 10.8 Å². The van der Waals surface area contributed by atoms with Gasteiger partial charge in [0.25, 0.3) is 11.6 Å². The smallest absolute Gasteiger partial charge is 0.292 e. The summed E-state index contributed by atoms with van der Waals surface area (Å²) in [6.45, 7) is 6.29. The number of nitrogens with one attached hydrogen (secondary N) is 1. The number of hydrogen-bond acceptors (Lipinski definition) is 4. The Morgan fingerprint density at radius 3 is 2.31 bits per heavy atom. The van der Waals surface area contributed by atoms with Crippen molar-refractivity contribution >= 4 is 23.4 Å². The number of anilines is 1. The highest BCUT2D eigenvalue weighted by atomic mass is 16.6. The minimum Gasteiger partial charge on any atom is -0.316 e. The van der Waals surface area contributed by atoms with E-state index in [0.717, 1.165) is 5.56 Å². The molecule has 0 radical (unpaired) electrons. The van der Waals surface area contributed by atoms with Gasteiger partial charge in [-0.1, -0.05) is 57.2 Å². The lowest BCUT2D eigenvalue weighted by molar-refractivity contribution is -0.383. The number of carbonyl (C=O) groups is 1. The molecule has 0 spiro atoms. The van der Waals surface area contributed by atoms with Gasteiger partial charge < -0.3 is 5.32 Å². The van der Waals surface area contributed by atoms with Gasteiger partial charge in [-0.25, -0.2) is 0 Å². The van der Waals surface area contributed by atoms with Gasteiger partial charge in [0.1, 0.15) is 17.3 Å². The molecule has 6 nitrogen and oxygen atoms in total. The van der Waals surface area contributed by atoms with E-state index in [9.17, 15) is 20.2 Å². The topological polar surface area (TPSA) is 96.0 Å². The predicted octanol–water partition coefficient (Wildman–Crippen LogP) is 4.44. The highest BCUT2D eigenvalue weighted by Crippen LogP contribution is 2.25. The quantitative estimate of drug-likeness (QED) is 0.382. The first-order valence-corrected chi connectivity index (χ1v) is 7.99. The first-order valence-electron chi connectivity index (χ1n) is 7.99. The minimum absolute atomic E-state index is 0.00389. The van der Waals surface area contributed by atoms with Crippen LogP contribution in [0.25, 0.3) is 6.08 Å². The molecule has 132 valence electrons. The fraction of sp³-hybridized carbons (Fsp3) is 0.200. The summed E-state index contributed by atoms with van der Waals surface area (Å²) in [7, 11) is 0. The number of amides is 1. The van der Waals surface area contributed by atoms with Crippen LogP contribution in [0, 0.1) is 21.4 Å². The summed E-state index contributed by atoms with van der Waals surface area (Å²) in [5.41, 5.74) is 1.53. The van der Waals surface area contributed by atoms with E-state index >= 15 is 0 Å². The molecule has 0 aliphatic rings. The van der Waals surface area contributed by atoms with E-state index in [-0.39, 0.29) is 22.4 Å². The van der Waals surface area contributed by atoms with Gasteiger partial charge in [0.05, 0.1) is 4.92 Å². The monoisotopic (exact) mass is 349 g/mol. The maximum Gasteiger partial charge on any atom is 0.292 e. The summed E-state index contributed by atoms with van der Waals surface area (Å²) in [6, 6.07) is 15.2. The van der Waals surface area contributed by atoms with Crippen LogP contribution in [0.1, 0.15) is 31.9 Å². The van der Waals surface area contributed by atoms with Gasteiger partial charge in [-0.2, -0.15) is 5.26 Å². The van der Waals surface area contributed by atoms with Gasteiger partial charge in [0, 0.05) is 6.07 Å². The molecule has 0 saturated carbocycles. The van der Waals surface area contributed by atoms with Crippen molar-refractivity contribution in [1.29, 1.82) is 5.26 Å². The van der Waals surface area contributed by atoms with E-state index in [2.05, 4.69) is 26.1 Å². The van der Waals surface area contributed by atoms with Crippen molar-refractivity contribution in [2.45, 2.75) is 26.2 Å². The number of nitro benzene ring substituents is 1. The molecule has 0 fully saturated rings. The Kier molecular flexibility index (Phi) is 5.53. The van der Waals surface area contributed by atoms with Crippen molar-refractivity contribution < 1.29 is 9.72 Å². The highest BCUT2D eigenvalue weighted by Gasteiger charge is 2.17. The van der Waals surface area contributed by atoms with Gasteiger partial charge >= 0.3 is 0 Å². The molecule has 0 atom stereocenters. The summed E-state index contributed by atoms with van der Waals surface area (Å²) in [6.07, 6.45) is 1.45. The molecular formula is C20H19N3O3. The van der Waals surface area contributed by atoms with E-state index in [4.69, 9.17) is 0 Å². The van der Waals surface area contributed by atoms with Crippen LogP contribution < -0.4 is 5.32 Å². The summed E-state index contributed by atoms with van der Waals surface area (Å²) >= 11 is 0. The largest absolute Gasteiger partial charge is 0.316 e. The zero-order valence-corrected chi connectivity index (χ0v) is 14.8. The van der Waals surface area contributed by atoms with Crippen LogP contribution in [0.15, 0.2) is 54.1 Å². The van der Waals surface area contributed by atoms with Crippen LogP contribution in [0.5, 0.6) is 0 Å². The SMILES string of the molecule is CC(C)(C)c1ccc(C=C(C#N)C(=O)Nc2ccccc2[N+](=O)[O-])cc1. The number of nitrogens with zero attached hydrogens (tertiary/aromatic N) is 2. The van der Waals surface area contributed by atoms with Crippen LogP contribution in [0.4, 0.5) is 11.4 Å². The molecule has 1 N–H and O–H groups in total. The molecular weight excluding hydrogens is 330 g/mol. The average molecular weight is 349 g/mol. The summed E-state index contributed by atoms with van der Waals surface area (Å²) in [4.78, 5) is 22.8. The molecule has 2 rings (SSSR count). The summed E-state index contributed by atoms with van der Waals surface area (Å²) in [5, 5.41) is 22.7.